The Hall–Kier alpha value is -1.16. The quantitative estimate of drug-likeness (QED) is 0.802. The molecule has 0 unspecified atom stereocenters. The van der Waals surface area contributed by atoms with Crippen LogP contribution in [0.3, 0.4) is 0 Å². The van der Waals surface area contributed by atoms with Gasteiger partial charge < -0.3 is 9.64 Å². The van der Waals surface area contributed by atoms with Crippen LogP contribution in [0.25, 0.3) is 0 Å². The maximum absolute atomic E-state index is 6.32. The van der Waals surface area contributed by atoms with Crippen molar-refractivity contribution >= 4 is 5.82 Å². The van der Waals surface area contributed by atoms with Gasteiger partial charge in [-0.15, -0.1) is 0 Å². The Morgan fingerprint density at radius 2 is 2.09 bits per heavy atom. The minimum atomic E-state index is 0.288. The molecule has 0 bridgehead atoms. The zero-order chi connectivity index (χ0) is 16.1. The minimum absolute atomic E-state index is 0.288. The lowest BCUT2D eigenvalue weighted by atomic mass is 10.0. The lowest BCUT2D eigenvalue weighted by Crippen LogP contribution is -2.50. The number of hydrogen-bond donors (Lipinski definition) is 0. The van der Waals surface area contributed by atoms with Crippen molar-refractivity contribution in [3.05, 3.63) is 17.6 Å². The standard InChI is InChI=1S/C18H31N3O/c1-6-8-9-16-11-21(12-17(22-16)13(3)4)18-15(7-2)10-19-14(5)20-18/h10,13,16-17H,6-9,11-12H2,1-5H3/t16-,17-/m1/s1. The summed E-state index contributed by atoms with van der Waals surface area (Å²) in [5.41, 5.74) is 1.24. The number of rotatable bonds is 6. The fourth-order valence-electron chi connectivity index (χ4n) is 3.01. The molecule has 0 spiro atoms. The van der Waals surface area contributed by atoms with Crippen molar-refractivity contribution in [2.75, 3.05) is 18.0 Å². The van der Waals surface area contributed by atoms with E-state index in [1.54, 1.807) is 0 Å². The number of unbranched alkanes of at least 4 members (excludes halogenated alkanes) is 1. The molecule has 2 heterocycles. The second-order valence-corrected chi connectivity index (χ2v) is 6.71. The second kappa shape index (κ2) is 7.91. The van der Waals surface area contributed by atoms with Crippen molar-refractivity contribution in [2.45, 2.75) is 72.5 Å². The maximum Gasteiger partial charge on any atom is 0.135 e. The van der Waals surface area contributed by atoms with Crippen molar-refractivity contribution in [1.29, 1.82) is 0 Å². The summed E-state index contributed by atoms with van der Waals surface area (Å²) in [6, 6.07) is 0. The summed E-state index contributed by atoms with van der Waals surface area (Å²) < 4.78 is 6.32. The Morgan fingerprint density at radius 3 is 2.73 bits per heavy atom. The highest BCUT2D eigenvalue weighted by atomic mass is 16.5. The molecule has 2 rings (SSSR count). The zero-order valence-electron chi connectivity index (χ0n) is 14.8. The van der Waals surface area contributed by atoms with Crippen molar-refractivity contribution in [1.82, 2.24) is 9.97 Å². The summed E-state index contributed by atoms with van der Waals surface area (Å²) in [6.07, 6.45) is 7.15. The summed E-state index contributed by atoms with van der Waals surface area (Å²) in [4.78, 5) is 11.5. The monoisotopic (exact) mass is 305 g/mol. The molecule has 1 aliphatic heterocycles. The van der Waals surface area contributed by atoms with Gasteiger partial charge in [-0.3, -0.25) is 0 Å². The van der Waals surface area contributed by atoms with E-state index in [2.05, 4.69) is 37.6 Å². The van der Waals surface area contributed by atoms with Crippen LogP contribution in [0.15, 0.2) is 6.20 Å². The Labute approximate surface area is 135 Å². The first-order valence-electron chi connectivity index (χ1n) is 8.78. The van der Waals surface area contributed by atoms with Crippen LogP contribution in [0.2, 0.25) is 0 Å². The number of hydrogen-bond acceptors (Lipinski definition) is 4. The topological polar surface area (TPSA) is 38.2 Å². The molecule has 0 amide bonds. The second-order valence-electron chi connectivity index (χ2n) is 6.71. The van der Waals surface area contributed by atoms with Crippen LogP contribution in [0, 0.1) is 12.8 Å². The first-order chi connectivity index (χ1) is 10.5. The number of anilines is 1. The molecule has 0 aliphatic carbocycles. The number of ether oxygens (including phenoxy) is 1. The van der Waals surface area contributed by atoms with E-state index in [9.17, 15) is 0 Å². The lowest BCUT2D eigenvalue weighted by molar-refractivity contribution is -0.0521. The molecule has 1 fully saturated rings. The average molecular weight is 305 g/mol. The number of aromatic nitrogens is 2. The molecule has 4 nitrogen and oxygen atoms in total. The minimum Gasteiger partial charge on any atom is -0.371 e. The maximum atomic E-state index is 6.32. The van der Waals surface area contributed by atoms with Gasteiger partial charge >= 0.3 is 0 Å². The molecule has 0 N–H and O–H groups in total. The fraction of sp³-hybridized carbons (Fsp3) is 0.778. The van der Waals surface area contributed by atoms with Gasteiger partial charge in [-0.25, -0.2) is 9.97 Å². The molecule has 1 aromatic heterocycles. The highest BCUT2D eigenvalue weighted by molar-refractivity contribution is 5.47. The molecule has 1 aliphatic rings. The highest BCUT2D eigenvalue weighted by Gasteiger charge is 2.31. The Kier molecular flexibility index (Phi) is 6.18. The third-order valence-corrected chi connectivity index (χ3v) is 4.46. The van der Waals surface area contributed by atoms with Gasteiger partial charge in [-0.2, -0.15) is 0 Å². The van der Waals surface area contributed by atoms with Gasteiger partial charge in [0.05, 0.1) is 12.2 Å². The molecule has 2 atom stereocenters. The Morgan fingerprint density at radius 1 is 1.32 bits per heavy atom. The number of nitrogens with zero attached hydrogens (tertiary/aromatic N) is 3. The van der Waals surface area contributed by atoms with E-state index in [4.69, 9.17) is 9.72 Å². The normalized spacial score (nSPS) is 22.4. The largest absolute Gasteiger partial charge is 0.371 e. The van der Waals surface area contributed by atoms with Gasteiger partial charge in [0, 0.05) is 24.8 Å². The molecule has 4 heteroatoms. The van der Waals surface area contributed by atoms with E-state index < -0.39 is 0 Å². The van der Waals surface area contributed by atoms with Crippen molar-refractivity contribution in [2.24, 2.45) is 5.92 Å². The van der Waals surface area contributed by atoms with Gasteiger partial charge in [0.1, 0.15) is 11.6 Å². The van der Waals surface area contributed by atoms with E-state index in [0.717, 1.165) is 37.6 Å². The van der Waals surface area contributed by atoms with E-state index in [0.29, 0.717) is 12.0 Å². The fourth-order valence-corrected chi connectivity index (χ4v) is 3.01. The van der Waals surface area contributed by atoms with Crippen molar-refractivity contribution in [3.63, 3.8) is 0 Å². The summed E-state index contributed by atoms with van der Waals surface area (Å²) in [7, 11) is 0. The summed E-state index contributed by atoms with van der Waals surface area (Å²) in [5, 5.41) is 0. The van der Waals surface area contributed by atoms with Gasteiger partial charge in [0.2, 0.25) is 0 Å². The van der Waals surface area contributed by atoms with E-state index in [-0.39, 0.29) is 6.10 Å². The van der Waals surface area contributed by atoms with Crippen LogP contribution in [0.4, 0.5) is 5.82 Å². The van der Waals surface area contributed by atoms with Crippen LogP contribution in [0.1, 0.15) is 58.3 Å². The van der Waals surface area contributed by atoms with Crippen molar-refractivity contribution in [3.8, 4) is 0 Å². The SMILES string of the molecule is CCCC[C@@H]1CN(c2nc(C)ncc2CC)C[C@H](C(C)C)O1. The first kappa shape index (κ1) is 17.2. The molecule has 1 saturated heterocycles. The van der Waals surface area contributed by atoms with Crippen molar-refractivity contribution < 1.29 is 4.74 Å². The summed E-state index contributed by atoms with van der Waals surface area (Å²) in [5.74, 6) is 2.50. The zero-order valence-corrected chi connectivity index (χ0v) is 14.8. The third-order valence-electron chi connectivity index (χ3n) is 4.46. The van der Waals surface area contributed by atoms with Crippen LogP contribution < -0.4 is 4.90 Å². The van der Waals surface area contributed by atoms with Crippen LogP contribution >= 0.6 is 0 Å². The third kappa shape index (κ3) is 4.19. The molecule has 22 heavy (non-hydrogen) atoms. The first-order valence-corrected chi connectivity index (χ1v) is 8.78. The molecule has 0 saturated carbocycles. The molecular weight excluding hydrogens is 274 g/mol. The van der Waals surface area contributed by atoms with Gasteiger partial charge in [0.15, 0.2) is 0 Å². The van der Waals surface area contributed by atoms with Crippen LogP contribution in [0.5, 0.6) is 0 Å². The molecule has 1 aromatic rings. The smallest absolute Gasteiger partial charge is 0.135 e. The summed E-state index contributed by atoms with van der Waals surface area (Å²) in [6.45, 7) is 12.8. The van der Waals surface area contributed by atoms with E-state index >= 15 is 0 Å². The Balaban J connectivity index is 2.22. The molecule has 0 radical (unpaired) electrons. The average Bonchev–Trinajstić information content (AvgIpc) is 2.52. The number of aryl methyl sites for hydroxylation is 2. The highest BCUT2D eigenvalue weighted by Crippen LogP contribution is 2.26. The van der Waals surface area contributed by atoms with Gasteiger partial charge in [0.25, 0.3) is 0 Å². The van der Waals surface area contributed by atoms with Gasteiger partial charge in [-0.05, 0) is 25.7 Å². The predicted octanol–water partition coefficient (Wildman–Crippen LogP) is 3.77. The van der Waals surface area contributed by atoms with Crippen LogP contribution in [-0.4, -0.2) is 35.3 Å². The predicted molar refractivity (Wildman–Crippen MR) is 91.4 cm³/mol. The molecule has 124 valence electrons. The Bertz CT molecular complexity index is 475. The number of morpholine rings is 1. The summed E-state index contributed by atoms with van der Waals surface area (Å²) >= 11 is 0. The molecule has 0 aromatic carbocycles. The van der Waals surface area contributed by atoms with E-state index in [1.807, 2.05) is 13.1 Å². The van der Waals surface area contributed by atoms with Gasteiger partial charge in [-0.1, -0.05) is 40.5 Å². The molecular formula is C18H31N3O. The van der Waals surface area contributed by atoms with E-state index in [1.165, 1.54) is 18.4 Å². The lowest BCUT2D eigenvalue weighted by Gasteiger charge is -2.41. The van der Waals surface area contributed by atoms with Crippen LogP contribution in [-0.2, 0) is 11.2 Å².